The SMILES string of the molecule is COC(=O)COc1ccc(/C=C2\N=C(c3ccc(Cl)c(Cl)c3)OC2=O)cc1. The minimum atomic E-state index is -0.568. The van der Waals surface area contributed by atoms with E-state index in [9.17, 15) is 9.59 Å². The largest absolute Gasteiger partial charge is 0.482 e. The maximum Gasteiger partial charge on any atom is 0.363 e. The highest BCUT2D eigenvalue weighted by Gasteiger charge is 2.24. The Morgan fingerprint density at radius 3 is 2.56 bits per heavy atom. The Morgan fingerprint density at radius 2 is 1.89 bits per heavy atom. The van der Waals surface area contributed by atoms with Crippen LogP contribution in [0.4, 0.5) is 0 Å². The van der Waals surface area contributed by atoms with Gasteiger partial charge in [-0.1, -0.05) is 35.3 Å². The van der Waals surface area contributed by atoms with Gasteiger partial charge in [-0.25, -0.2) is 14.6 Å². The van der Waals surface area contributed by atoms with Gasteiger partial charge in [0.25, 0.3) is 0 Å². The first kappa shape index (κ1) is 18.9. The zero-order valence-electron chi connectivity index (χ0n) is 14.1. The molecule has 0 N–H and O–H groups in total. The van der Waals surface area contributed by atoms with Gasteiger partial charge < -0.3 is 14.2 Å². The van der Waals surface area contributed by atoms with Crippen LogP contribution >= 0.6 is 23.2 Å². The van der Waals surface area contributed by atoms with Crippen molar-refractivity contribution in [3.63, 3.8) is 0 Å². The van der Waals surface area contributed by atoms with Crippen LogP contribution in [0.5, 0.6) is 5.75 Å². The molecule has 2 aromatic rings. The number of benzene rings is 2. The molecular formula is C19H13Cl2NO5. The number of carbonyl (C=O) groups is 2. The highest BCUT2D eigenvalue weighted by molar-refractivity contribution is 6.42. The van der Waals surface area contributed by atoms with Crippen LogP contribution in [0.2, 0.25) is 10.0 Å². The third kappa shape index (κ3) is 4.67. The number of hydrogen-bond donors (Lipinski definition) is 0. The van der Waals surface area contributed by atoms with Gasteiger partial charge in [0.05, 0.1) is 17.2 Å². The molecule has 0 amide bonds. The molecule has 0 aliphatic carbocycles. The molecule has 0 saturated carbocycles. The summed E-state index contributed by atoms with van der Waals surface area (Å²) in [7, 11) is 1.29. The van der Waals surface area contributed by atoms with E-state index in [-0.39, 0.29) is 18.2 Å². The predicted molar refractivity (Wildman–Crippen MR) is 101 cm³/mol. The first-order valence-corrected chi connectivity index (χ1v) is 8.49. The summed E-state index contributed by atoms with van der Waals surface area (Å²) in [6.45, 7) is -0.180. The van der Waals surface area contributed by atoms with Crippen LogP contribution in [0.25, 0.3) is 6.08 Å². The summed E-state index contributed by atoms with van der Waals surface area (Å²) in [4.78, 5) is 27.3. The number of aliphatic imine (C=N–C) groups is 1. The van der Waals surface area contributed by atoms with Gasteiger partial charge in [-0.05, 0) is 42.0 Å². The van der Waals surface area contributed by atoms with E-state index in [1.807, 2.05) is 0 Å². The topological polar surface area (TPSA) is 74.2 Å². The zero-order chi connectivity index (χ0) is 19.4. The molecule has 1 aliphatic rings. The van der Waals surface area contributed by atoms with E-state index in [1.54, 1.807) is 48.5 Å². The molecule has 0 fully saturated rings. The van der Waals surface area contributed by atoms with Crippen molar-refractivity contribution in [3.05, 3.63) is 69.3 Å². The maximum atomic E-state index is 12.1. The molecule has 1 aliphatic heterocycles. The number of cyclic esters (lactones) is 1. The lowest BCUT2D eigenvalue weighted by Gasteiger charge is -2.04. The van der Waals surface area contributed by atoms with Crippen LogP contribution in [-0.4, -0.2) is 31.6 Å². The number of rotatable bonds is 5. The molecule has 2 aromatic carbocycles. The molecule has 1 heterocycles. The van der Waals surface area contributed by atoms with Crippen molar-refractivity contribution in [2.75, 3.05) is 13.7 Å². The van der Waals surface area contributed by atoms with E-state index in [0.717, 1.165) is 0 Å². The minimum Gasteiger partial charge on any atom is -0.482 e. The fraction of sp³-hybridized carbons (Fsp3) is 0.105. The molecule has 0 radical (unpaired) electrons. The van der Waals surface area contributed by atoms with Crippen molar-refractivity contribution in [2.45, 2.75) is 0 Å². The highest BCUT2D eigenvalue weighted by Crippen LogP contribution is 2.26. The normalized spacial score (nSPS) is 14.7. The summed E-state index contributed by atoms with van der Waals surface area (Å²) in [5.74, 6) is -0.388. The Balaban J connectivity index is 1.76. The van der Waals surface area contributed by atoms with Gasteiger partial charge in [0, 0.05) is 5.56 Å². The van der Waals surface area contributed by atoms with Crippen molar-refractivity contribution in [1.82, 2.24) is 0 Å². The zero-order valence-corrected chi connectivity index (χ0v) is 15.6. The van der Waals surface area contributed by atoms with Crippen LogP contribution in [0, 0.1) is 0 Å². The lowest BCUT2D eigenvalue weighted by atomic mass is 10.2. The second-order valence-corrected chi connectivity index (χ2v) is 6.21. The second-order valence-electron chi connectivity index (χ2n) is 5.40. The van der Waals surface area contributed by atoms with Crippen molar-refractivity contribution >= 4 is 47.1 Å². The predicted octanol–water partition coefficient (Wildman–Crippen LogP) is 3.89. The van der Waals surface area contributed by atoms with Crippen molar-refractivity contribution < 1.29 is 23.8 Å². The molecule has 0 aromatic heterocycles. The minimum absolute atomic E-state index is 0.152. The van der Waals surface area contributed by atoms with Gasteiger partial charge in [-0.2, -0.15) is 0 Å². The van der Waals surface area contributed by atoms with E-state index in [2.05, 4.69) is 9.73 Å². The van der Waals surface area contributed by atoms with Crippen LogP contribution in [0.15, 0.2) is 53.2 Å². The highest BCUT2D eigenvalue weighted by atomic mass is 35.5. The fourth-order valence-corrected chi connectivity index (χ4v) is 2.48. The van der Waals surface area contributed by atoms with Gasteiger partial charge in [0.15, 0.2) is 12.3 Å². The summed E-state index contributed by atoms with van der Waals surface area (Å²) in [6, 6.07) is 11.6. The second kappa shape index (κ2) is 8.24. The van der Waals surface area contributed by atoms with E-state index >= 15 is 0 Å². The lowest BCUT2D eigenvalue weighted by Crippen LogP contribution is -2.12. The number of nitrogens with zero attached hydrogens (tertiary/aromatic N) is 1. The lowest BCUT2D eigenvalue weighted by molar-refractivity contribution is -0.143. The molecule has 0 saturated heterocycles. The molecular weight excluding hydrogens is 393 g/mol. The smallest absolute Gasteiger partial charge is 0.363 e. The van der Waals surface area contributed by atoms with E-state index in [4.69, 9.17) is 32.7 Å². The Kier molecular flexibility index (Phi) is 5.78. The molecule has 138 valence electrons. The molecule has 8 heteroatoms. The summed E-state index contributed by atoms with van der Waals surface area (Å²) >= 11 is 11.9. The third-order valence-electron chi connectivity index (χ3n) is 3.55. The number of carbonyl (C=O) groups excluding carboxylic acids is 2. The number of hydrogen-bond acceptors (Lipinski definition) is 6. The summed E-state index contributed by atoms with van der Waals surface area (Å²) in [5, 5.41) is 0.739. The number of ether oxygens (including phenoxy) is 3. The van der Waals surface area contributed by atoms with Crippen LogP contribution < -0.4 is 4.74 Å². The van der Waals surface area contributed by atoms with Gasteiger partial charge in [0.2, 0.25) is 5.90 Å². The first-order chi connectivity index (χ1) is 13.0. The molecule has 6 nitrogen and oxygen atoms in total. The van der Waals surface area contributed by atoms with E-state index in [0.29, 0.717) is 26.9 Å². The molecule has 3 rings (SSSR count). The van der Waals surface area contributed by atoms with Crippen LogP contribution in [-0.2, 0) is 19.1 Å². The Hall–Kier alpha value is -2.83. The van der Waals surface area contributed by atoms with Crippen LogP contribution in [0.3, 0.4) is 0 Å². The number of esters is 2. The van der Waals surface area contributed by atoms with Crippen molar-refractivity contribution in [2.24, 2.45) is 4.99 Å². The Bertz CT molecular complexity index is 951. The van der Waals surface area contributed by atoms with Gasteiger partial charge in [0.1, 0.15) is 5.75 Å². The van der Waals surface area contributed by atoms with Gasteiger partial charge in [-0.3, -0.25) is 0 Å². The molecule has 0 unspecified atom stereocenters. The Morgan fingerprint density at radius 1 is 1.15 bits per heavy atom. The number of halogens is 2. The van der Waals surface area contributed by atoms with Crippen molar-refractivity contribution in [1.29, 1.82) is 0 Å². The Labute approximate surface area is 165 Å². The van der Waals surface area contributed by atoms with Crippen molar-refractivity contribution in [3.8, 4) is 5.75 Å². The average Bonchev–Trinajstić information content (AvgIpc) is 3.03. The molecule has 27 heavy (non-hydrogen) atoms. The van der Waals surface area contributed by atoms with Gasteiger partial charge >= 0.3 is 11.9 Å². The molecule has 0 atom stereocenters. The average molecular weight is 406 g/mol. The monoisotopic (exact) mass is 405 g/mol. The van der Waals surface area contributed by atoms with Gasteiger partial charge in [-0.15, -0.1) is 0 Å². The first-order valence-electron chi connectivity index (χ1n) is 7.74. The molecule has 0 bridgehead atoms. The quantitative estimate of drug-likeness (QED) is 0.557. The van der Waals surface area contributed by atoms with Crippen LogP contribution in [0.1, 0.15) is 11.1 Å². The number of methoxy groups -OCH3 is 1. The summed E-state index contributed by atoms with van der Waals surface area (Å²) < 4.78 is 15.0. The van der Waals surface area contributed by atoms with E-state index in [1.165, 1.54) is 7.11 Å². The fourth-order valence-electron chi connectivity index (χ4n) is 2.18. The maximum absolute atomic E-state index is 12.1. The van der Waals surface area contributed by atoms with E-state index < -0.39 is 11.9 Å². The summed E-state index contributed by atoms with van der Waals surface area (Å²) in [5.41, 5.74) is 1.42. The summed E-state index contributed by atoms with van der Waals surface area (Å²) in [6.07, 6.45) is 1.58. The molecule has 0 spiro atoms. The third-order valence-corrected chi connectivity index (χ3v) is 4.29. The standard InChI is InChI=1S/C19H13Cl2NO5/c1-25-17(23)10-26-13-5-2-11(3-6-13)8-16-19(24)27-18(22-16)12-4-7-14(20)15(21)9-12/h2-9H,10H2,1H3/b16-8-.